The molecule has 0 saturated carbocycles. The summed E-state index contributed by atoms with van der Waals surface area (Å²) in [5, 5.41) is 3.27. The molecule has 0 amide bonds. The van der Waals surface area contributed by atoms with Crippen molar-refractivity contribution >= 4 is 11.5 Å². The van der Waals surface area contributed by atoms with Gasteiger partial charge in [0.2, 0.25) is 0 Å². The monoisotopic (exact) mass is 160 g/mol. The molecule has 0 aromatic carbocycles. The summed E-state index contributed by atoms with van der Waals surface area (Å²) in [5.41, 5.74) is 0. The lowest BCUT2D eigenvalue weighted by Crippen LogP contribution is -2.38. The molecule has 2 unspecified atom stereocenters. The van der Waals surface area contributed by atoms with Crippen LogP contribution in [0.3, 0.4) is 0 Å². The average Bonchev–Trinajstić information content (AvgIpc) is 1.95. The molecule has 2 atom stereocenters. The number of hydrogen-bond donors (Lipinski definition) is 1. The maximum Gasteiger partial charge on any atom is 0.199 e. The fourth-order valence-corrected chi connectivity index (χ4v) is 1.44. The van der Waals surface area contributed by atoms with Crippen LogP contribution in [0.4, 0.5) is 0 Å². The second-order valence-corrected chi connectivity index (χ2v) is 3.08. The van der Waals surface area contributed by atoms with Crippen molar-refractivity contribution in [3.63, 3.8) is 0 Å². The van der Waals surface area contributed by atoms with Crippen molar-refractivity contribution in [2.75, 3.05) is 6.54 Å². The molecular weight excluding hydrogens is 148 g/mol. The summed E-state index contributed by atoms with van der Waals surface area (Å²) in [6.45, 7) is 3.02. The highest BCUT2D eigenvalue weighted by molar-refractivity contribution is 7.54. The van der Waals surface area contributed by atoms with E-state index in [9.17, 15) is 4.21 Å². The molecule has 1 saturated heterocycles. The van der Waals surface area contributed by atoms with Crippen LogP contribution in [0.15, 0.2) is 4.36 Å². The largest absolute Gasteiger partial charge is 0.312 e. The van der Waals surface area contributed by atoms with E-state index in [0.717, 1.165) is 19.4 Å². The van der Waals surface area contributed by atoms with E-state index in [4.69, 9.17) is 0 Å². The third-order valence-electron chi connectivity index (χ3n) is 1.83. The van der Waals surface area contributed by atoms with Crippen LogP contribution >= 0.6 is 0 Å². The Balaban J connectivity index is 2.32. The number of hydrogen-bond acceptors (Lipinski definition) is 3. The Morgan fingerprint density at radius 1 is 1.60 bits per heavy atom. The highest BCUT2D eigenvalue weighted by Gasteiger charge is 2.15. The maximum absolute atomic E-state index is 10.0. The molecule has 1 rings (SSSR count). The van der Waals surface area contributed by atoms with Crippen LogP contribution in [-0.4, -0.2) is 22.8 Å². The van der Waals surface area contributed by atoms with Crippen LogP contribution < -0.4 is 5.32 Å². The summed E-state index contributed by atoms with van der Waals surface area (Å²) in [6.07, 6.45) is 2.19. The highest BCUT2D eigenvalue weighted by Crippen LogP contribution is 2.09. The molecule has 0 bridgehead atoms. The zero-order valence-corrected chi connectivity index (χ0v) is 6.86. The Morgan fingerprint density at radius 2 is 2.40 bits per heavy atom. The zero-order valence-electron chi connectivity index (χ0n) is 6.04. The first-order chi connectivity index (χ1) is 4.83. The molecule has 0 aliphatic carbocycles. The molecule has 1 N–H and O–H groups in total. The number of rotatable bonds is 1. The minimum Gasteiger partial charge on any atom is -0.312 e. The molecule has 0 aromatic heterocycles. The lowest BCUT2D eigenvalue weighted by atomic mass is 10.0. The summed E-state index contributed by atoms with van der Waals surface area (Å²) < 4.78 is 13.8. The van der Waals surface area contributed by atoms with Gasteiger partial charge in [-0.25, -0.2) is 0 Å². The van der Waals surface area contributed by atoms with Gasteiger partial charge in [0.25, 0.3) is 0 Å². The Kier molecular flexibility index (Phi) is 3.02. The van der Waals surface area contributed by atoms with Crippen molar-refractivity contribution in [2.24, 2.45) is 4.36 Å². The van der Waals surface area contributed by atoms with Crippen molar-refractivity contribution in [1.82, 2.24) is 5.32 Å². The number of nitrogens with one attached hydrogen (secondary N) is 1. The fourth-order valence-electron chi connectivity index (χ4n) is 1.13. The molecular formula is C6H12N2OS. The first-order valence-electron chi connectivity index (χ1n) is 3.55. The van der Waals surface area contributed by atoms with Crippen molar-refractivity contribution in [1.29, 1.82) is 0 Å². The molecule has 0 spiro atoms. The second-order valence-electron chi connectivity index (χ2n) is 2.72. The van der Waals surface area contributed by atoms with Gasteiger partial charge in [0.1, 0.15) is 0 Å². The molecule has 1 aliphatic heterocycles. The molecule has 10 heavy (non-hydrogen) atoms. The van der Waals surface area contributed by atoms with E-state index in [1.54, 1.807) is 0 Å². The molecule has 1 fully saturated rings. The van der Waals surface area contributed by atoms with Crippen LogP contribution in [0, 0.1) is 0 Å². The predicted octanol–water partition coefficient (Wildman–Crippen LogP) is 0.524. The predicted molar refractivity (Wildman–Crippen MR) is 41.1 cm³/mol. The van der Waals surface area contributed by atoms with E-state index in [1.165, 1.54) is 0 Å². The van der Waals surface area contributed by atoms with Crippen LogP contribution in [0.25, 0.3) is 0 Å². The van der Waals surface area contributed by atoms with Gasteiger partial charge in [-0.05, 0) is 19.8 Å². The standard InChI is InChI=1S/C6H12N2OS/c1-5-2-3-6(4-7-5)8-10-9/h5-7H,2-4H2,1H3. The number of nitrogens with zero attached hydrogens (tertiary/aromatic N) is 1. The van der Waals surface area contributed by atoms with Crippen LogP contribution in [-0.2, 0) is 11.5 Å². The zero-order chi connectivity index (χ0) is 7.40. The van der Waals surface area contributed by atoms with Gasteiger partial charge in [-0.2, -0.15) is 8.57 Å². The fraction of sp³-hybridized carbons (Fsp3) is 1.00. The highest BCUT2D eigenvalue weighted by atomic mass is 32.1. The molecule has 4 heteroatoms. The smallest absolute Gasteiger partial charge is 0.199 e. The van der Waals surface area contributed by atoms with E-state index >= 15 is 0 Å². The van der Waals surface area contributed by atoms with Crippen LogP contribution in [0.5, 0.6) is 0 Å². The van der Waals surface area contributed by atoms with E-state index in [-0.39, 0.29) is 6.04 Å². The average molecular weight is 160 g/mol. The summed E-state index contributed by atoms with van der Waals surface area (Å²) in [5.74, 6) is 0. The van der Waals surface area contributed by atoms with Gasteiger partial charge >= 0.3 is 0 Å². The normalized spacial score (nSPS) is 33.3. The summed E-state index contributed by atoms with van der Waals surface area (Å²) in [7, 11) is 0. The Labute approximate surface area is 64.5 Å². The summed E-state index contributed by atoms with van der Waals surface area (Å²) in [6, 6.07) is 0.849. The van der Waals surface area contributed by atoms with Gasteiger partial charge in [0.15, 0.2) is 11.5 Å². The first-order valence-corrected chi connectivity index (χ1v) is 4.25. The Hall–Kier alpha value is -0.220. The molecule has 0 aromatic rings. The molecule has 58 valence electrons. The SMILES string of the molecule is CC1CCC(N=S=O)CN1. The molecule has 1 heterocycles. The van der Waals surface area contributed by atoms with Crippen molar-refractivity contribution in [3.8, 4) is 0 Å². The molecule has 3 nitrogen and oxygen atoms in total. The number of piperidine rings is 1. The summed E-state index contributed by atoms with van der Waals surface area (Å²) >= 11 is 0.344. The van der Waals surface area contributed by atoms with Gasteiger partial charge in [-0.3, -0.25) is 0 Å². The van der Waals surface area contributed by atoms with E-state index in [0.29, 0.717) is 17.5 Å². The van der Waals surface area contributed by atoms with E-state index in [2.05, 4.69) is 16.6 Å². The minimum atomic E-state index is 0.249. The maximum atomic E-state index is 10.0. The van der Waals surface area contributed by atoms with Crippen LogP contribution in [0.2, 0.25) is 0 Å². The lowest BCUT2D eigenvalue weighted by molar-refractivity contribution is 0.387. The topological polar surface area (TPSA) is 41.5 Å². The molecule has 0 radical (unpaired) electrons. The first kappa shape index (κ1) is 7.88. The third kappa shape index (κ3) is 2.19. The van der Waals surface area contributed by atoms with Gasteiger partial charge in [0, 0.05) is 12.6 Å². The van der Waals surface area contributed by atoms with Crippen molar-refractivity contribution in [3.05, 3.63) is 0 Å². The van der Waals surface area contributed by atoms with Crippen molar-refractivity contribution < 1.29 is 4.21 Å². The Bertz CT molecular complexity index is 148. The molecule has 1 aliphatic rings. The van der Waals surface area contributed by atoms with Crippen LogP contribution in [0.1, 0.15) is 19.8 Å². The van der Waals surface area contributed by atoms with Gasteiger partial charge < -0.3 is 5.32 Å². The van der Waals surface area contributed by atoms with Crippen molar-refractivity contribution in [2.45, 2.75) is 31.8 Å². The second kappa shape index (κ2) is 3.83. The third-order valence-corrected chi connectivity index (χ3v) is 2.21. The lowest BCUT2D eigenvalue weighted by Gasteiger charge is -2.23. The van der Waals surface area contributed by atoms with E-state index in [1.807, 2.05) is 0 Å². The van der Waals surface area contributed by atoms with Gasteiger partial charge in [-0.1, -0.05) is 0 Å². The quantitative estimate of drug-likeness (QED) is 0.607. The van der Waals surface area contributed by atoms with Gasteiger partial charge in [0.05, 0.1) is 6.04 Å². The Morgan fingerprint density at radius 3 is 2.90 bits per heavy atom. The summed E-state index contributed by atoms with van der Waals surface area (Å²) in [4.78, 5) is 0. The van der Waals surface area contributed by atoms with E-state index < -0.39 is 0 Å². The van der Waals surface area contributed by atoms with Gasteiger partial charge in [-0.15, -0.1) is 0 Å². The minimum absolute atomic E-state index is 0.249.